The van der Waals surface area contributed by atoms with Gasteiger partial charge in [0.15, 0.2) is 0 Å². The van der Waals surface area contributed by atoms with E-state index in [1.807, 2.05) is 6.08 Å². The summed E-state index contributed by atoms with van der Waals surface area (Å²) in [4.78, 5) is 10.8. The molecule has 1 aliphatic rings. The Labute approximate surface area is 73.2 Å². The van der Waals surface area contributed by atoms with Crippen molar-refractivity contribution in [2.24, 2.45) is 0 Å². The van der Waals surface area contributed by atoms with Crippen molar-refractivity contribution in [1.82, 2.24) is 10.6 Å². The van der Waals surface area contributed by atoms with E-state index in [-0.39, 0.29) is 5.91 Å². The number of hydrogen-bond donors (Lipinski definition) is 2. The van der Waals surface area contributed by atoms with E-state index in [1.54, 1.807) is 0 Å². The second kappa shape index (κ2) is 4.26. The molecule has 1 aliphatic heterocycles. The van der Waals surface area contributed by atoms with Gasteiger partial charge in [-0.15, -0.1) is 6.58 Å². The molecule has 3 heteroatoms. The minimum atomic E-state index is 0.166. The summed E-state index contributed by atoms with van der Waals surface area (Å²) in [6.45, 7) is 6.50. The Hall–Kier alpha value is -0.830. The molecular weight excluding hydrogens is 152 g/mol. The predicted molar refractivity (Wildman–Crippen MR) is 48.8 cm³/mol. The highest BCUT2D eigenvalue weighted by molar-refractivity contribution is 5.76. The van der Waals surface area contributed by atoms with Gasteiger partial charge in [0, 0.05) is 25.0 Å². The van der Waals surface area contributed by atoms with Gasteiger partial charge in [0.2, 0.25) is 5.91 Å². The summed E-state index contributed by atoms with van der Waals surface area (Å²) in [7, 11) is 0. The highest BCUT2D eigenvalue weighted by Gasteiger charge is 2.17. The molecule has 0 aromatic carbocycles. The summed E-state index contributed by atoms with van der Waals surface area (Å²) >= 11 is 0. The summed E-state index contributed by atoms with van der Waals surface area (Å²) in [5.74, 6) is 0.166. The zero-order valence-electron chi connectivity index (χ0n) is 7.47. The fourth-order valence-electron chi connectivity index (χ4n) is 1.31. The number of carbonyl (C=O) groups excluding carboxylic acids is 1. The SMILES string of the molecule is C=CC(C)NC1CCC(=O)NC1. The van der Waals surface area contributed by atoms with Crippen LogP contribution in [0.25, 0.3) is 0 Å². The molecular formula is C9H16N2O. The molecule has 0 bridgehead atoms. The van der Waals surface area contributed by atoms with E-state index < -0.39 is 0 Å². The van der Waals surface area contributed by atoms with Gasteiger partial charge in [-0.05, 0) is 13.3 Å². The van der Waals surface area contributed by atoms with Crippen LogP contribution in [0.1, 0.15) is 19.8 Å². The highest BCUT2D eigenvalue weighted by atomic mass is 16.1. The van der Waals surface area contributed by atoms with Gasteiger partial charge in [-0.25, -0.2) is 0 Å². The van der Waals surface area contributed by atoms with E-state index >= 15 is 0 Å². The van der Waals surface area contributed by atoms with Crippen LogP contribution in [0.4, 0.5) is 0 Å². The van der Waals surface area contributed by atoms with Crippen molar-refractivity contribution < 1.29 is 4.79 Å². The third kappa shape index (κ3) is 2.66. The maximum atomic E-state index is 10.8. The van der Waals surface area contributed by atoms with Gasteiger partial charge in [0.05, 0.1) is 0 Å². The first kappa shape index (κ1) is 9.26. The van der Waals surface area contributed by atoms with E-state index in [1.165, 1.54) is 0 Å². The van der Waals surface area contributed by atoms with Gasteiger partial charge in [0.25, 0.3) is 0 Å². The monoisotopic (exact) mass is 168 g/mol. The third-order valence-corrected chi connectivity index (χ3v) is 2.12. The molecule has 0 spiro atoms. The van der Waals surface area contributed by atoms with Gasteiger partial charge in [-0.2, -0.15) is 0 Å². The molecule has 68 valence electrons. The van der Waals surface area contributed by atoms with Crippen molar-refractivity contribution in [3.63, 3.8) is 0 Å². The maximum Gasteiger partial charge on any atom is 0.220 e. The molecule has 1 rings (SSSR count). The van der Waals surface area contributed by atoms with Gasteiger partial charge in [0.1, 0.15) is 0 Å². The Morgan fingerprint density at radius 2 is 2.58 bits per heavy atom. The van der Waals surface area contributed by atoms with Crippen LogP contribution in [0.15, 0.2) is 12.7 Å². The standard InChI is InChI=1S/C9H16N2O/c1-3-7(2)11-8-4-5-9(12)10-6-8/h3,7-8,11H,1,4-6H2,2H3,(H,10,12). The van der Waals surface area contributed by atoms with E-state index in [9.17, 15) is 4.79 Å². The van der Waals surface area contributed by atoms with Crippen LogP contribution in [0.5, 0.6) is 0 Å². The van der Waals surface area contributed by atoms with E-state index in [0.717, 1.165) is 13.0 Å². The normalized spacial score (nSPS) is 26.1. The van der Waals surface area contributed by atoms with Crippen LogP contribution < -0.4 is 10.6 Å². The first-order valence-electron chi connectivity index (χ1n) is 4.37. The fourth-order valence-corrected chi connectivity index (χ4v) is 1.31. The van der Waals surface area contributed by atoms with Gasteiger partial charge in [-0.1, -0.05) is 6.08 Å². The number of rotatable bonds is 3. The molecule has 12 heavy (non-hydrogen) atoms. The quantitative estimate of drug-likeness (QED) is 0.600. The lowest BCUT2D eigenvalue weighted by molar-refractivity contribution is -0.122. The van der Waals surface area contributed by atoms with Crippen LogP contribution in [0.2, 0.25) is 0 Å². The summed E-state index contributed by atoms with van der Waals surface area (Å²) in [5.41, 5.74) is 0. The molecule has 2 N–H and O–H groups in total. The van der Waals surface area contributed by atoms with Crippen molar-refractivity contribution in [1.29, 1.82) is 0 Å². The minimum absolute atomic E-state index is 0.166. The molecule has 3 nitrogen and oxygen atoms in total. The molecule has 1 amide bonds. The lowest BCUT2D eigenvalue weighted by atomic mass is 10.1. The molecule has 0 aromatic heterocycles. The van der Waals surface area contributed by atoms with E-state index in [2.05, 4.69) is 24.1 Å². The number of amides is 1. The lowest BCUT2D eigenvalue weighted by Crippen LogP contribution is -2.48. The predicted octanol–water partition coefficient (Wildman–Crippen LogP) is 0.429. The van der Waals surface area contributed by atoms with Crippen LogP contribution in [-0.2, 0) is 4.79 Å². The Morgan fingerprint density at radius 1 is 1.83 bits per heavy atom. The van der Waals surface area contributed by atoms with Crippen molar-refractivity contribution in [2.75, 3.05) is 6.54 Å². The first-order valence-corrected chi connectivity index (χ1v) is 4.37. The molecule has 2 unspecified atom stereocenters. The number of hydrogen-bond acceptors (Lipinski definition) is 2. The summed E-state index contributed by atoms with van der Waals surface area (Å²) < 4.78 is 0. The van der Waals surface area contributed by atoms with E-state index in [4.69, 9.17) is 0 Å². The summed E-state index contributed by atoms with van der Waals surface area (Å²) in [6, 6.07) is 0.737. The van der Waals surface area contributed by atoms with Crippen molar-refractivity contribution >= 4 is 5.91 Å². The first-order chi connectivity index (χ1) is 5.72. The van der Waals surface area contributed by atoms with Crippen LogP contribution in [-0.4, -0.2) is 24.5 Å². The third-order valence-electron chi connectivity index (χ3n) is 2.12. The molecule has 0 radical (unpaired) electrons. The average Bonchev–Trinajstić information content (AvgIpc) is 2.09. The van der Waals surface area contributed by atoms with Gasteiger partial charge >= 0.3 is 0 Å². The second-order valence-corrected chi connectivity index (χ2v) is 3.23. The smallest absolute Gasteiger partial charge is 0.220 e. The molecule has 0 saturated carbocycles. The van der Waals surface area contributed by atoms with Crippen molar-refractivity contribution in [2.45, 2.75) is 31.8 Å². The highest BCUT2D eigenvalue weighted by Crippen LogP contribution is 2.03. The Bertz CT molecular complexity index is 169. The molecule has 1 fully saturated rings. The fraction of sp³-hybridized carbons (Fsp3) is 0.667. The lowest BCUT2D eigenvalue weighted by Gasteiger charge is -2.25. The van der Waals surface area contributed by atoms with Gasteiger partial charge in [-0.3, -0.25) is 4.79 Å². The molecule has 0 aromatic rings. The summed E-state index contributed by atoms with van der Waals surface area (Å²) in [6.07, 6.45) is 3.45. The van der Waals surface area contributed by atoms with Gasteiger partial charge < -0.3 is 10.6 Å². The Morgan fingerprint density at radius 3 is 3.08 bits per heavy atom. The van der Waals surface area contributed by atoms with Crippen LogP contribution >= 0.6 is 0 Å². The van der Waals surface area contributed by atoms with Crippen molar-refractivity contribution in [3.8, 4) is 0 Å². The zero-order chi connectivity index (χ0) is 8.97. The molecule has 1 heterocycles. The zero-order valence-corrected chi connectivity index (χ0v) is 7.47. The molecule has 2 atom stereocenters. The maximum absolute atomic E-state index is 10.8. The van der Waals surface area contributed by atoms with Crippen LogP contribution in [0, 0.1) is 0 Å². The Balaban J connectivity index is 2.25. The largest absolute Gasteiger partial charge is 0.355 e. The topological polar surface area (TPSA) is 41.1 Å². The van der Waals surface area contributed by atoms with E-state index in [0.29, 0.717) is 18.5 Å². The molecule has 0 aliphatic carbocycles. The number of piperidine rings is 1. The van der Waals surface area contributed by atoms with Crippen molar-refractivity contribution in [3.05, 3.63) is 12.7 Å². The number of nitrogens with one attached hydrogen (secondary N) is 2. The minimum Gasteiger partial charge on any atom is -0.355 e. The summed E-state index contributed by atoms with van der Waals surface area (Å²) in [5, 5.41) is 6.18. The van der Waals surface area contributed by atoms with Crippen LogP contribution in [0.3, 0.4) is 0 Å². The Kier molecular flexibility index (Phi) is 3.29. The number of carbonyl (C=O) groups is 1. The molecule has 1 saturated heterocycles. The second-order valence-electron chi connectivity index (χ2n) is 3.23. The average molecular weight is 168 g/mol.